The summed E-state index contributed by atoms with van der Waals surface area (Å²) in [5.41, 5.74) is 8.99. The molecular formula is C18H26N2O. The lowest BCUT2D eigenvalue weighted by Gasteiger charge is -2.20. The first-order valence-electron chi connectivity index (χ1n) is 8.19. The Hall–Kier alpha value is -1.35. The zero-order valence-electron chi connectivity index (χ0n) is 12.9. The van der Waals surface area contributed by atoms with Crippen LogP contribution in [0.25, 0.3) is 0 Å². The molecule has 114 valence electrons. The second-order valence-corrected chi connectivity index (χ2v) is 6.93. The van der Waals surface area contributed by atoms with Crippen molar-refractivity contribution in [3.63, 3.8) is 0 Å². The maximum absolute atomic E-state index is 12.2. The number of nitrogens with one attached hydrogen (secondary N) is 1. The molecule has 0 bridgehead atoms. The monoisotopic (exact) mass is 286 g/mol. The zero-order valence-corrected chi connectivity index (χ0v) is 12.9. The number of benzene rings is 1. The van der Waals surface area contributed by atoms with E-state index in [1.807, 2.05) is 0 Å². The Morgan fingerprint density at radius 3 is 2.71 bits per heavy atom. The fourth-order valence-corrected chi connectivity index (χ4v) is 3.76. The van der Waals surface area contributed by atoms with E-state index in [4.69, 9.17) is 5.73 Å². The Labute approximate surface area is 127 Å². The van der Waals surface area contributed by atoms with Crippen LogP contribution in [-0.2, 0) is 10.2 Å². The van der Waals surface area contributed by atoms with Crippen LogP contribution in [0.1, 0.15) is 49.7 Å². The van der Waals surface area contributed by atoms with Crippen LogP contribution in [-0.4, -0.2) is 18.5 Å². The van der Waals surface area contributed by atoms with Crippen molar-refractivity contribution >= 4 is 5.91 Å². The van der Waals surface area contributed by atoms with E-state index in [1.165, 1.54) is 30.4 Å². The first-order valence-corrected chi connectivity index (χ1v) is 8.19. The Balaban J connectivity index is 1.55. The second-order valence-electron chi connectivity index (χ2n) is 6.93. The van der Waals surface area contributed by atoms with Crippen molar-refractivity contribution in [3.05, 3.63) is 35.4 Å². The fraction of sp³-hybridized carbons (Fsp3) is 0.611. The molecule has 0 aromatic heterocycles. The predicted molar refractivity (Wildman–Crippen MR) is 85.0 cm³/mol. The van der Waals surface area contributed by atoms with Gasteiger partial charge in [0.15, 0.2) is 0 Å². The molecular weight excluding hydrogens is 260 g/mol. The van der Waals surface area contributed by atoms with Crippen LogP contribution >= 0.6 is 0 Å². The Morgan fingerprint density at radius 1 is 1.33 bits per heavy atom. The Kier molecular flexibility index (Phi) is 4.03. The molecule has 3 N–H and O–H groups in total. The number of carbonyl (C=O) groups is 1. The standard InChI is InChI=1S/C18H26N2O/c1-13-5-2-3-7-15(13)18(9-10-18)12-20-17(21)11-14-6-4-8-16(14)19/h2-3,5,7,14,16H,4,6,8-12,19H2,1H3,(H,20,21)/t14-,16+/m0/s1. The molecule has 0 spiro atoms. The zero-order chi connectivity index (χ0) is 14.9. The molecule has 3 heteroatoms. The highest BCUT2D eigenvalue weighted by molar-refractivity contribution is 5.76. The summed E-state index contributed by atoms with van der Waals surface area (Å²) in [6.07, 6.45) is 6.32. The molecule has 3 nitrogen and oxygen atoms in total. The van der Waals surface area contributed by atoms with Gasteiger partial charge in [-0.05, 0) is 49.7 Å². The van der Waals surface area contributed by atoms with Gasteiger partial charge in [0.1, 0.15) is 0 Å². The van der Waals surface area contributed by atoms with Gasteiger partial charge in [0, 0.05) is 24.4 Å². The van der Waals surface area contributed by atoms with Gasteiger partial charge in [-0.3, -0.25) is 4.79 Å². The van der Waals surface area contributed by atoms with E-state index >= 15 is 0 Å². The lowest BCUT2D eigenvalue weighted by Crippen LogP contribution is -2.35. The molecule has 2 fully saturated rings. The maximum atomic E-state index is 12.2. The van der Waals surface area contributed by atoms with Gasteiger partial charge in [0.05, 0.1) is 0 Å². The summed E-state index contributed by atoms with van der Waals surface area (Å²) in [5.74, 6) is 0.566. The van der Waals surface area contributed by atoms with E-state index in [1.54, 1.807) is 0 Å². The van der Waals surface area contributed by atoms with E-state index in [2.05, 4.69) is 36.5 Å². The SMILES string of the molecule is Cc1ccccc1C1(CNC(=O)C[C@@H]2CCC[C@H]2N)CC1. The summed E-state index contributed by atoms with van der Waals surface area (Å²) in [4.78, 5) is 12.2. The summed E-state index contributed by atoms with van der Waals surface area (Å²) in [6.45, 7) is 2.94. The largest absolute Gasteiger partial charge is 0.355 e. The molecule has 1 aromatic rings. The number of hydrogen-bond donors (Lipinski definition) is 2. The van der Waals surface area contributed by atoms with Crippen LogP contribution in [0, 0.1) is 12.8 Å². The molecule has 2 saturated carbocycles. The van der Waals surface area contributed by atoms with Crippen molar-refractivity contribution in [3.8, 4) is 0 Å². The minimum Gasteiger partial charge on any atom is -0.355 e. The van der Waals surface area contributed by atoms with Gasteiger partial charge >= 0.3 is 0 Å². The number of nitrogens with two attached hydrogens (primary N) is 1. The first kappa shape index (κ1) is 14.6. The molecule has 0 aliphatic heterocycles. The van der Waals surface area contributed by atoms with Gasteiger partial charge in [-0.1, -0.05) is 30.7 Å². The predicted octanol–water partition coefficient (Wildman–Crippen LogP) is 2.66. The van der Waals surface area contributed by atoms with Crippen molar-refractivity contribution in [2.45, 2.75) is 56.9 Å². The van der Waals surface area contributed by atoms with Crippen LogP contribution in [0.3, 0.4) is 0 Å². The Morgan fingerprint density at radius 2 is 2.10 bits per heavy atom. The molecule has 2 atom stereocenters. The van der Waals surface area contributed by atoms with Crippen LogP contribution in [0.15, 0.2) is 24.3 Å². The smallest absolute Gasteiger partial charge is 0.220 e. The van der Waals surface area contributed by atoms with Gasteiger partial charge < -0.3 is 11.1 Å². The van der Waals surface area contributed by atoms with Gasteiger partial charge in [-0.15, -0.1) is 0 Å². The van der Waals surface area contributed by atoms with Crippen molar-refractivity contribution in [1.82, 2.24) is 5.32 Å². The topological polar surface area (TPSA) is 55.1 Å². The van der Waals surface area contributed by atoms with Crippen molar-refractivity contribution < 1.29 is 4.79 Å². The van der Waals surface area contributed by atoms with Crippen molar-refractivity contribution in [2.75, 3.05) is 6.54 Å². The average Bonchev–Trinajstić information content (AvgIpc) is 3.16. The molecule has 0 unspecified atom stereocenters. The highest BCUT2D eigenvalue weighted by Crippen LogP contribution is 2.48. The molecule has 1 aromatic carbocycles. The van der Waals surface area contributed by atoms with E-state index in [0.717, 1.165) is 19.4 Å². The normalized spacial score (nSPS) is 26.6. The molecule has 0 radical (unpaired) electrons. The van der Waals surface area contributed by atoms with Gasteiger partial charge in [0.2, 0.25) is 5.91 Å². The molecule has 3 rings (SSSR count). The summed E-state index contributed by atoms with van der Waals surface area (Å²) in [5, 5.41) is 3.16. The van der Waals surface area contributed by atoms with Gasteiger partial charge in [-0.2, -0.15) is 0 Å². The van der Waals surface area contributed by atoms with E-state index in [9.17, 15) is 4.79 Å². The van der Waals surface area contributed by atoms with E-state index in [0.29, 0.717) is 12.3 Å². The summed E-state index contributed by atoms with van der Waals surface area (Å²) >= 11 is 0. The summed E-state index contributed by atoms with van der Waals surface area (Å²) in [7, 11) is 0. The fourth-order valence-electron chi connectivity index (χ4n) is 3.76. The van der Waals surface area contributed by atoms with Crippen LogP contribution < -0.4 is 11.1 Å². The van der Waals surface area contributed by atoms with E-state index < -0.39 is 0 Å². The van der Waals surface area contributed by atoms with Crippen molar-refractivity contribution in [2.24, 2.45) is 11.7 Å². The molecule has 21 heavy (non-hydrogen) atoms. The third-order valence-electron chi connectivity index (χ3n) is 5.36. The molecule has 2 aliphatic rings. The van der Waals surface area contributed by atoms with Crippen molar-refractivity contribution in [1.29, 1.82) is 0 Å². The first-order chi connectivity index (χ1) is 10.1. The van der Waals surface area contributed by atoms with Crippen LogP contribution in [0.5, 0.6) is 0 Å². The number of rotatable bonds is 5. The quantitative estimate of drug-likeness (QED) is 0.874. The van der Waals surface area contributed by atoms with Gasteiger partial charge in [0.25, 0.3) is 0 Å². The third kappa shape index (κ3) is 3.13. The lowest BCUT2D eigenvalue weighted by atomic mass is 9.91. The summed E-state index contributed by atoms with van der Waals surface area (Å²) in [6, 6.07) is 8.77. The lowest BCUT2D eigenvalue weighted by molar-refractivity contribution is -0.122. The average molecular weight is 286 g/mol. The molecule has 2 aliphatic carbocycles. The number of amides is 1. The molecule has 0 saturated heterocycles. The maximum Gasteiger partial charge on any atom is 0.220 e. The second kappa shape index (κ2) is 5.80. The van der Waals surface area contributed by atoms with Gasteiger partial charge in [-0.25, -0.2) is 0 Å². The van der Waals surface area contributed by atoms with Crippen LogP contribution in [0.4, 0.5) is 0 Å². The Bertz CT molecular complexity index is 522. The number of aryl methyl sites for hydroxylation is 1. The highest BCUT2D eigenvalue weighted by Gasteiger charge is 2.45. The molecule has 0 heterocycles. The minimum atomic E-state index is 0.178. The van der Waals surface area contributed by atoms with Crippen LogP contribution in [0.2, 0.25) is 0 Å². The highest BCUT2D eigenvalue weighted by atomic mass is 16.1. The number of hydrogen-bond acceptors (Lipinski definition) is 2. The third-order valence-corrected chi connectivity index (χ3v) is 5.36. The van der Waals surface area contributed by atoms with E-state index in [-0.39, 0.29) is 17.4 Å². The number of carbonyl (C=O) groups excluding carboxylic acids is 1. The minimum absolute atomic E-state index is 0.178. The molecule has 1 amide bonds. The summed E-state index contributed by atoms with van der Waals surface area (Å²) < 4.78 is 0.